The second kappa shape index (κ2) is 11.7. The highest BCUT2D eigenvalue weighted by molar-refractivity contribution is 6.27. The van der Waals surface area contributed by atoms with Gasteiger partial charge in [0, 0.05) is 19.0 Å². The summed E-state index contributed by atoms with van der Waals surface area (Å²) < 4.78 is 0. The van der Waals surface area contributed by atoms with Crippen molar-refractivity contribution in [2.24, 2.45) is 5.92 Å². The van der Waals surface area contributed by atoms with Crippen LogP contribution in [0.2, 0.25) is 0 Å². The Morgan fingerprint density at radius 2 is 1.47 bits per heavy atom. The van der Waals surface area contributed by atoms with Crippen LogP contribution in [-0.2, 0) is 27.5 Å². The van der Waals surface area contributed by atoms with Gasteiger partial charge < -0.3 is 15.5 Å². The molecular formula is C23H28N2O5. The summed E-state index contributed by atoms with van der Waals surface area (Å²) in [5, 5.41) is 17.9. The minimum atomic E-state index is -1.82. The molecule has 3 rings (SSSR count). The predicted octanol–water partition coefficient (Wildman–Crippen LogP) is 2.68. The second-order valence-electron chi connectivity index (χ2n) is 7.35. The molecule has 0 aromatic heterocycles. The highest BCUT2D eigenvalue weighted by Crippen LogP contribution is 2.19. The predicted molar refractivity (Wildman–Crippen MR) is 113 cm³/mol. The molecular weight excluding hydrogens is 384 g/mol. The fraction of sp³-hybridized carbons (Fsp3) is 0.348. The Bertz CT molecular complexity index is 816. The fourth-order valence-electron chi connectivity index (χ4n) is 3.23. The minimum Gasteiger partial charge on any atom is -0.473 e. The van der Waals surface area contributed by atoms with Crippen molar-refractivity contribution in [3.8, 4) is 0 Å². The number of carbonyl (C=O) groups excluding carboxylic acids is 1. The maximum absolute atomic E-state index is 12.4. The Labute approximate surface area is 176 Å². The second-order valence-corrected chi connectivity index (χ2v) is 7.35. The number of hydrogen-bond acceptors (Lipinski definition) is 4. The molecule has 0 radical (unpaired) electrons. The lowest BCUT2D eigenvalue weighted by molar-refractivity contribution is -0.159. The Hall–Kier alpha value is -3.19. The number of benzene rings is 2. The summed E-state index contributed by atoms with van der Waals surface area (Å²) >= 11 is 0. The first kappa shape index (κ1) is 23.1. The van der Waals surface area contributed by atoms with E-state index in [4.69, 9.17) is 19.8 Å². The van der Waals surface area contributed by atoms with Gasteiger partial charge in [-0.2, -0.15) is 0 Å². The molecule has 30 heavy (non-hydrogen) atoms. The third kappa shape index (κ3) is 8.05. The molecule has 1 fully saturated rings. The zero-order chi connectivity index (χ0) is 21.9. The molecule has 1 saturated heterocycles. The van der Waals surface area contributed by atoms with Crippen molar-refractivity contribution in [1.29, 1.82) is 0 Å². The number of carboxylic acids is 2. The molecule has 0 saturated carbocycles. The van der Waals surface area contributed by atoms with Crippen molar-refractivity contribution < 1.29 is 24.6 Å². The Kier molecular flexibility index (Phi) is 9.03. The van der Waals surface area contributed by atoms with Gasteiger partial charge in [-0.3, -0.25) is 9.69 Å². The number of aliphatic carboxylic acids is 2. The smallest absolute Gasteiger partial charge is 0.414 e. The summed E-state index contributed by atoms with van der Waals surface area (Å²) in [6.07, 6.45) is 1.90. The molecule has 0 aliphatic carbocycles. The van der Waals surface area contributed by atoms with Gasteiger partial charge in [-0.1, -0.05) is 60.2 Å². The largest absolute Gasteiger partial charge is 0.473 e. The third-order valence-electron chi connectivity index (χ3n) is 4.98. The van der Waals surface area contributed by atoms with Crippen LogP contribution in [0.15, 0.2) is 54.6 Å². The van der Waals surface area contributed by atoms with E-state index >= 15 is 0 Å². The van der Waals surface area contributed by atoms with Crippen LogP contribution in [0.4, 0.5) is 0 Å². The Morgan fingerprint density at radius 1 is 0.900 bits per heavy atom. The van der Waals surface area contributed by atoms with Crippen LogP contribution >= 0.6 is 0 Å². The van der Waals surface area contributed by atoms with Crippen LogP contribution in [0.1, 0.15) is 29.5 Å². The van der Waals surface area contributed by atoms with E-state index in [0.717, 1.165) is 38.0 Å². The summed E-state index contributed by atoms with van der Waals surface area (Å²) in [5.41, 5.74) is 3.76. The van der Waals surface area contributed by atoms with E-state index in [-0.39, 0.29) is 11.8 Å². The number of piperidine rings is 1. The van der Waals surface area contributed by atoms with E-state index < -0.39 is 11.9 Å². The first-order valence-corrected chi connectivity index (χ1v) is 9.91. The lowest BCUT2D eigenvalue weighted by Gasteiger charge is -2.31. The van der Waals surface area contributed by atoms with Gasteiger partial charge in [-0.05, 0) is 44.0 Å². The van der Waals surface area contributed by atoms with Gasteiger partial charge in [0.1, 0.15) is 0 Å². The Balaban J connectivity index is 0.000000469. The summed E-state index contributed by atoms with van der Waals surface area (Å²) in [6, 6.07) is 18.9. The molecule has 1 aliphatic rings. The van der Waals surface area contributed by atoms with Crippen LogP contribution in [0, 0.1) is 12.8 Å². The molecule has 160 valence electrons. The van der Waals surface area contributed by atoms with E-state index in [1.54, 1.807) is 0 Å². The average molecular weight is 412 g/mol. The standard InChI is InChI=1S/C21H26N2O.C2H2O4/c1-17-7-9-18(10-8-17)15-22-21(24)20-11-13-23(14-12-20)16-19-5-3-2-4-6-19;3-1(4)2(5)6/h2-10,20H,11-16H2,1H3,(H,22,24);(H,3,4)(H,5,6). The number of rotatable bonds is 5. The lowest BCUT2D eigenvalue weighted by atomic mass is 9.95. The van der Waals surface area contributed by atoms with E-state index in [1.807, 2.05) is 6.07 Å². The monoisotopic (exact) mass is 412 g/mol. The van der Waals surface area contributed by atoms with Gasteiger partial charge >= 0.3 is 11.9 Å². The zero-order valence-electron chi connectivity index (χ0n) is 17.1. The lowest BCUT2D eigenvalue weighted by Crippen LogP contribution is -2.40. The highest BCUT2D eigenvalue weighted by atomic mass is 16.4. The van der Waals surface area contributed by atoms with Crippen molar-refractivity contribution >= 4 is 17.8 Å². The summed E-state index contributed by atoms with van der Waals surface area (Å²) in [6.45, 7) is 5.68. The van der Waals surface area contributed by atoms with Crippen molar-refractivity contribution in [2.45, 2.75) is 32.9 Å². The van der Waals surface area contributed by atoms with Gasteiger partial charge in [0.05, 0.1) is 0 Å². The minimum absolute atomic E-state index is 0.155. The van der Waals surface area contributed by atoms with Crippen LogP contribution in [0.5, 0.6) is 0 Å². The topological polar surface area (TPSA) is 107 Å². The van der Waals surface area contributed by atoms with Gasteiger partial charge in [0.15, 0.2) is 0 Å². The van der Waals surface area contributed by atoms with E-state index in [2.05, 4.69) is 65.7 Å². The molecule has 7 heteroatoms. The van der Waals surface area contributed by atoms with Crippen molar-refractivity contribution in [3.05, 3.63) is 71.3 Å². The maximum atomic E-state index is 12.4. The zero-order valence-corrected chi connectivity index (χ0v) is 17.1. The quantitative estimate of drug-likeness (QED) is 0.652. The van der Waals surface area contributed by atoms with Crippen molar-refractivity contribution in [3.63, 3.8) is 0 Å². The number of hydrogen-bond donors (Lipinski definition) is 3. The number of nitrogens with zero attached hydrogens (tertiary/aromatic N) is 1. The summed E-state index contributed by atoms with van der Waals surface area (Å²) in [4.78, 5) is 33.0. The summed E-state index contributed by atoms with van der Waals surface area (Å²) in [7, 11) is 0. The molecule has 0 unspecified atom stereocenters. The van der Waals surface area contributed by atoms with Gasteiger partial charge in [-0.25, -0.2) is 9.59 Å². The molecule has 1 aliphatic heterocycles. The van der Waals surface area contributed by atoms with E-state index in [1.165, 1.54) is 11.1 Å². The van der Waals surface area contributed by atoms with Crippen molar-refractivity contribution in [1.82, 2.24) is 10.2 Å². The normalized spacial score (nSPS) is 14.3. The fourth-order valence-corrected chi connectivity index (χ4v) is 3.23. The number of carboxylic acid groups (broad SMARTS) is 2. The number of nitrogens with one attached hydrogen (secondary N) is 1. The Morgan fingerprint density at radius 3 is 2.00 bits per heavy atom. The molecule has 1 heterocycles. The first-order chi connectivity index (χ1) is 14.3. The summed E-state index contributed by atoms with van der Waals surface area (Å²) in [5.74, 6) is -3.29. The van der Waals surface area contributed by atoms with Crippen LogP contribution < -0.4 is 5.32 Å². The van der Waals surface area contributed by atoms with Crippen molar-refractivity contribution in [2.75, 3.05) is 13.1 Å². The van der Waals surface area contributed by atoms with E-state index in [0.29, 0.717) is 6.54 Å². The first-order valence-electron chi connectivity index (χ1n) is 9.91. The van der Waals surface area contributed by atoms with Gasteiger partial charge in [0.2, 0.25) is 5.91 Å². The molecule has 0 spiro atoms. The number of aryl methyl sites for hydroxylation is 1. The average Bonchev–Trinajstić information content (AvgIpc) is 2.75. The number of amides is 1. The molecule has 2 aromatic rings. The van der Waals surface area contributed by atoms with Gasteiger partial charge in [0.25, 0.3) is 0 Å². The molecule has 7 nitrogen and oxygen atoms in total. The third-order valence-corrected chi connectivity index (χ3v) is 4.98. The number of likely N-dealkylation sites (tertiary alicyclic amines) is 1. The van der Waals surface area contributed by atoms with E-state index in [9.17, 15) is 4.79 Å². The molecule has 0 atom stereocenters. The van der Waals surface area contributed by atoms with Crippen LogP contribution in [0.25, 0.3) is 0 Å². The molecule has 0 bridgehead atoms. The maximum Gasteiger partial charge on any atom is 0.414 e. The highest BCUT2D eigenvalue weighted by Gasteiger charge is 2.24. The van der Waals surface area contributed by atoms with Gasteiger partial charge in [-0.15, -0.1) is 0 Å². The van der Waals surface area contributed by atoms with Crippen LogP contribution in [0.3, 0.4) is 0 Å². The molecule has 2 aromatic carbocycles. The number of carbonyl (C=O) groups is 3. The molecule has 1 amide bonds. The van der Waals surface area contributed by atoms with Crippen LogP contribution in [-0.4, -0.2) is 46.0 Å². The SMILES string of the molecule is Cc1ccc(CNC(=O)C2CCN(Cc3ccccc3)CC2)cc1.O=C(O)C(=O)O. The molecule has 3 N–H and O–H groups in total.